The molecular formula is C28H24FN7O2. The van der Waals surface area contributed by atoms with Gasteiger partial charge in [0, 0.05) is 41.5 Å². The lowest BCUT2D eigenvalue weighted by atomic mass is 10.0. The number of aromatic hydroxyl groups is 1. The molecule has 10 heteroatoms. The van der Waals surface area contributed by atoms with Crippen LogP contribution in [0.5, 0.6) is 11.5 Å². The third-order valence-electron chi connectivity index (χ3n) is 6.22. The molecule has 190 valence electrons. The van der Waals surface area contributed by atoms with Crippen molar-refractivity contribution in [3.63, 3.8) is 0 Å². The van der Waals surface area contributed by atoms with Crippen LogP contribution < -0.4 is 4.74 Å². The van der Waals surface area contributed by atoms with Crippen molar-refractivity contribution < 1.29 is 14.2 Å². The van der Waals surface area contributed by atoms with Crippen LogP contribution in [-0.2, 0) is 0 Å². The molecule has 0 saturated heterocycles. The van der Waals surface area contributed by atoms with Gasteiger partial charge in [-0.2, -0.15) is 5.10 Å². The summed E-state index contributed by atoms with van der Waals surface area (Å²) in [5.41, 5.74) is 6.36. The van der Waals surface area contributed by atoms with Crippen LogP contribution in [0, 0.1) is 5.82 Å². The Morgan fingerprint density at radius 3 is 2.66 bits per heavy atom. The summed E-state index contributed by atoms with van der Waals surface area (Å²) in [7, 11) is 3.99. The van der Waals surface area contributed by atoms with Crippen LogP contribution in [-0.4, -0.2) is 67.4 Å². The minimum atomic E-state index is -0.524. The van der Waals surface area contributed by atoms with E-state index in [9.17, 15) is 9.50 Å². The fourth-order valence-electron chi connectivity index (χ4n) is 4.37. The largest absolute Gasteiger partial charge is 0.508 e. The highest BCUT2D eigenvalue weighted by molar-refractivity contribution is 6.00. The molecule has 0 spiro atoms. The van der Waals surface area contributed by atoms with Gasteiger partial charge in [0.2, 0.25) is 0 Å². The second-order valence-electron chi connectivity index (χ2n) is 9.26. The number of halogens is 1. The van der Waals surface area contributed by atoms with Gasteiger partial charge in [-0.25, -0.2) is 9.37 Å². The Hall–Kier alpha value is -4.83. The fraction of sp³-hybridized carbons (Fsp3) is 0.143. The predicted octanol–water partition coefficient (Wildman–Crippen LogP) is 5.02. The topological polar surface area (TPSA) is 116 Å². The Balaban J connectivity index is 1.38. The first kappa shape index (κ1) is 23.6. The van der Waals surface area contributed by atoms with Crippen LogP contribution in [0.25, 0.3) is 55.7 Å². The van der Waals surface area contributed by atoms with E-state index in [1.807, 2.05) is 38.4 Å². The lowest BCUT2D eigenvalue weighted by Gasteiger charge is -2.11. The van der Waals surface area contributed by atoms with Gasteiger partial charge in [-0.3, -0.25) is 15.1 Å². The summed E-state index contributed by atoms with van der Waals surface area (Å²) in [5, 5.41) is 18.3. The lowest BCUT2D eigenvalue weighted by molar-refractivity contribution is 0.261. The number of fused-ring (bicyclic) bond motifs is 2. The van der Waals surface area contributed by atoms with E-state index in [1.54, 1.807) is 24.8 Å². The molecule has 0 bridgehead atoms. The maximum Gasteiger partial charge on any atom is 0.138 e. The first-order valence-electron chi connectivity index (χ1n) is 12.0. The van der Waals surface area contributed by atoms with Gasteiger partial charge in [0.15, 0.2) is 0 Å². The van der Waals surface area contributed by atoms with Gasteiger partial charge < -0.3 is 19.7 Å². The lowest BCUT2D eigenvalue weighted by Crippen LogP contribution is -2.19. The van der Waals surface area contributed by atoms with Crippen molar-refractivity contribution >= 4 is 21.9 Å². The molecule has 5 heterocycles. The number of aromatic amines is 2. The average molecular weight is 510 g/mol. The normalized spacial score (nSPS) is 11.6. The molecule has 0 radical (unpaired) electrons. The number of pyridine rings is 3. The maximum atomic E-state index is 14.0. The van der Waals surface area contributed by atoms with E-state index in [4.69, 9.17) is 9.72 Å². The minimum absolute atomic E-state index is 0.149. The number of rotatable bonds is 7. The summed E-state index contributed by atoms with van der Waals surface area (Å²) in [6, 6.07) is 11.6. The minimum Gasteiger partial charge on any atom is -0.508 e. The van der Waals surface area contributed by atoms with Crippen molar-refractivity contribution in [3.05, 3.63) is 73.1 Å². The second kappa shape index (κ2) is 9.56. The molecule has 0 fully saturated rings. The maximum absolute atomic E-state index is 14.0. The molecular weight excluding hydrogens is 485 g/mol. The quantitative estimate of drug-likeness (QED) is 0.277. The molecule has 5 aromatic heterocycles. The number of hydrogen-bond donors (Lipinski definition) is 3. The monoisotopic (exact) mass is 509 g/mol. The highest BCUT2D eigenvalue weighted by Crippen LogP contribution is 2.35. The molecule has 3 N–H and O–H groups in total. The van der Waals surface area contributed by atoms with Crippen molar-refractivity contribution in [2.24, 2.45) is 0 Å². The van der Waals surface area contributed by atoms with Crippen molar-refractivity contribution in [1.82, 2.24) is 35.0 Å². The van der Waals surface area contributed by atoms with Crippen LogP contribution in [0.2, 0.25) is 0 Å². The molecule has 6 rings (SSSR count). The summed E-state index contributed by atoms with van der Waals surface area (Å²) < 4.78 is 19.8. The molecule has 38 heavy (non-hydrogen) atoms. The molecule has 6 aromatic rings. The van der Waals surface area contributed by atoms with E-state index in [0.29, 0.717) is 34.7 Å². The first-order chi connectivity index (χ1) is 18.4. The summed E-state index contributed by atoms with van der Waals surface area (Å²) >= 11 is 0. The average Bonchev–Trinajstić information content (AvgIpc) is 3.51. The third-order valence-corrected chi connectivity index (χ3v) is 6.22. The Morgan fingerprint density at radius 1 is 0.947 bits per heavy atom. The van der Waals surface area contributed by atoms with Crippen LogP contribution in [0.15, 0.2) is 67.3 Å². The van der Waals surface area contributed by atoms with Gasteiger partial charge in [0.05, 0.1) is 34.8 Å². The zero-order valence-electron chi connectivity index (χ0n) is 20.7. The number of likely N-dealkylation sites (N-methyl/N-ethyl adjacent to an activating group) is 1. The third kappa shape index (κ3) is 4.53. The van der Waals surface area contributed by atoms with E-state index in [-0.39, 0.29) is 5.75 Å². The number of ether oxygens (including phenoxy) is 1. The number of nitrogens with one attached hydrogen (secondary N) is 2. The molecule has 0 aliphatic rings. The summed E-state index contributed by atoms with van der Waals surface area (Å²) in [4.78, 5) is 18.9. The molecule has 0 unspecified atom stereocenters. The van der Waals surface area contributed by atoms with Gasteiger partial charge in [0.1, 0.15) is 35.1 Å². The van der Waals surface area contributed by atoms with Gasteiger partial charge in [-0.15, -0.1) is 0 Å². The molecule has 1 aromatic carbocycles. The summed E-state index contributed by atoms with van der Waals surface area (Å²) in [5.74, 6) is 0.00610. The second-order valence-corrected chi connectivity index (χ2v) is 9.26. The first-order valence-corrected chi connectivity index (χ1v) is 12.0. The number of nitrogens with zero attached hydrogens (tertiary/aromatic N) is 5. The van der Waals surface area contributed by atoms with E-state index < -0.39 is 5.82 Å². The summed E-state index contributed by atoms with van der Waals surface area (Å²) in [6.45, 7) is 1.36. The Morgan fingerprint density at radius 2 is 1.82 bits per heavy atom. The van der Waals surface area contributed by atoms with Gasteiger partial charge in [0.25, 0.3) is 0 Å². The van der Waals surface area contributed by atoms with Gasteiger partial charge >= 0.3 is 0 Å². The van der Waals surface area contributed by atoms with Crippen molar-refractivity contribution in [3.8, 4) is 45.3 Å². The van der Waals surface area contributed by atoms with Crippen molar-refractivity contribution in [2.75, 3.05) is 27.2 Å². The van der Waals surface area contributed by atoms with E-state index in [2.05, 4.69) is 30.0 Å². The van der Waals surface area contributed by atoms with Crippen LogP contribution in [0.1, 0.15) is 0 Å². The highest BCUT2D eigenvalue weighted by atomic mass is 19.1. The Kier molecular flexibility index (Phi) is 5.93. The molecule has 0 aliphatic heterocycles. The number of benzene rings is 1. The van der Waals surface area contributed by atoms with Gasteiger partial charge in [-0.05, 0) is 56.1 Å². The van der Waals surface area contributed by atoms with E-state index in [0.717, 1.165) is 46.0 Å². The molecule has 0 amide bonds. The van der Waals surface area contributed by atoms with Gasteiger partial charge in [-0.1, -0.05) is 0 Å². The Bertz CT molecular complexity index is 1760. The van der Waals surface area contributed by atoms with Crippen LogP contribution in [0.4, 0.5) is 4.39 Å². The number of phenolic OH excluding ortho intramolecular Hbond substituents is 1. The molecule has 9 nitrogen and oxygen atoms in total. The molecule has 0 aliphatic carbocycles. The van der Waals surface area contributed by atoms with Crippen LogP contribution >= 0.6 is 0 Å². The van der Waals surface area contributed by atoms with Crippen LogP contribution in [0.3, 0.4) is 0 Å². The summed E-state index contributed by atoms with van der Waals surface area (Å²) in [6.07, 6.45) is 6.79. The Labute approximate surface area is 217 Å². The van der Waals surface area contributed by atoms with Crippen molar-refractivity contribution in [2.45, 2.75) is 0 Å². The number of phenols is 1. The smallest absolute Gasteiger partial charge is 0.138 e. The zero-order valence-corrected chi connectivity index (χ0v) is 20.7. The standard InChI is InChI=1S/C28H24FN7O2/c1-36(2)5-6-38-20-9-17(12-30-13-20)23-3-4-24-27(33-23)28(35-34-24)25-11-21-22(14-31-15-26(21)32-25)16-7-18(29)10-19(37)8-16/h3-4,7-15,32,37H,5-6H2,1-2H3,(H,34,35). The van der Waals surface area contributed by atoms with E-state index >= 15 is 0 Å². The fourth-order valence-corrected chi connectivity index (χ4v) is 4.37. The number of H-pyrrole nitrogens is 2. The highest BCUT2D eigenvalue weighted by Gasteiger charge is 2.16. The predicted molar refractivity (Wildman–Crippen MR) is 143 cm³/mol. The number of hydrogen-bond acceptors (Lipinski definition) is 7. The molecule has 0 atom stereocenters. The van der Waals surface area contributed by atoms with E-state index in [1.165, 1.54) is 12.1 Å². The number of aromatic nitrogens is 6. The molecule has 0 saturated carbocycles. The SMILES string of the molecule is CN(C)CCOc1cncc(-c2ccc3[nH]nc(-c4cc5c(-c6cc(O)cc(F)c6)cncc5[nH]4)c3n2)c1. The van der Waals surface area contributed by atoms with Crippen molar-refractivity contribution in [1.29, 1.82) is 0 Å². The zero-order chi connectivity index (χ0) is 26.2.